The lowest BCUT2D eigenvalue weighted by Crippen LogP contribution is -1.82. The van der Waals surface area contributed by atoms with Crippen molar-refractivity contribution in [1.29, 1.82) is 0 Å². The highest BCUT2D eigenvalue weighted by Gasteiger charge is 1.93. The molecule has 0 nitrogen and oxygen atoms in total. The molecule has 0 amide bonds. The summed E-state index contributed by atoms with van der Waals surface area (Å²) in [4.78, 5) is 0. The molecule has 0 bridgehead atoms. The van der Waals surface area contributed by atoms with E-state index >= 15 is 0 Å². The van der Waals surface area contributed by atoms with Crippen molar-refractivity contribution in [1.82, 2.24) is 0 Å². The number of hydrogen-bond donors (Lipinski definition) is 0. The van der Waals surface area contributed by atoms with Gasteiger partial charge >= 0.3 is 0 Å². The molecule has 0 rings (SSSR count). The Hall–Kier alpha value is -0.260. The van der Waals surface area contributed by atoms with Crippen LogP contribution < -0.4 is 0 Å². The van der Waals surface area contributed by atoms with Crippen LogP contribution in [0, 0.1) is 0 Å². The molecule has 0 spiro atoms. The van der Waals surface area contributed by atoms with Gasteiger partial charge in [-0.1, -0.05) is 122 Å². The van der Waals surface area contributed by atoms with Crippen molar-refractivity contribution in [3.63, 3.8) is 0 Å². The van der Waals surface area contributed by atoms with E-state index in [0.717, 1.165) is 0 Å². The molecule has 0 aromatic heterocycles. The molecule has 138 valence electrons. The molecule has 0 aliphatic rings. The lowest BCUT2D eigenvalue weighted by molar-refractivity contribution is 0.545. The lowest BCUT2D eigenvalue weighted by atomic mass is 10.0. The van der Waals surface area contributed by atoms with Gasteiger partial charge in [0.2, 0.25) is 0 Å². The van der Waals surface area contributed by atoms with Crippen LogP contribution in [0.5, 0.6) is 0 Å². The van der Waals surface area contributed by atoms with E-state index in [-0.39, 0.29) is 0 Å². The maximum atomic E-state index is 2.43. The number of rotatable bonds is 19. The topological polar surface area (TPSA) is 0 Å². The minimum absolute atomic E-state index is 1.31. The third-order valence-electron chi connectivity index (χ3n) is 4.87. The second kappa shape index (κ2) is 21.7. The van der Waals surface area contributed by atoms with Crippen LogP contribution in [0.2, 0.25) is 0 Å². The summed E-state index contributed by atoms with van der Waals surface area (Å²) in [5, 5.41) is 0. The van der Waals surface area contributed by atoms with Gasteiger partial charge in [0, 0.05) is 0 Å². The van der Waals surface area contributed by atoms with Crippen LogP contribution in [0.4, 0.5) is 0 Å². The van der Waals surface area contributed by atoms with Crippen LogP contribution in [0.25, 0.3) is 0 Å². The summed E-state index contributed by atoms with van der Waals surface area (Å²) in [5.74, 6) is 0. The maximum Gasteiger partial charge on any atom is -0.0351 e. The van der Waals surface area contributed by atoms with Gasteiger partial charge in [-0.05, 0) is 25.7 Å². The molecule has 0 heteroatoms. The Labute approximate surface area is 148 Å². The molecule has 0 aliphatic heterocycles. The quantitative estimate of drug-likeness (QED) is 0.164. The van der Waals surface area contributed by atoms with Gasteiger partial charge in [-0.3, -0.25) is 0 Å². The first-order chi connectivity index (χ1) is 11.4. The van der Waals surface area contributed by atoms with Gasteiger partial charge in [-0.2, -0.15) is 0 Å². The largest absolute Gasteiger partial charge is 0.0885 e. The standard InChI is InChI=1S/C23H46/c1-3-5-7-9-11-13-15-17-19-21-23-22-20-18-16-14-12-10-8-6-4-2/h15,17H,3-14,16,18-23H2,1-2H3/b17-15+. The molecule has 0 heterocycles. The second-order valence-electron chi connectivity index (χ2n) is 7.35. The molecule has 0 fully saturated rings. The minimum Gasteiger partial charge on any atom is -0.0885 e. The Morgan fingerprint density at radius 1 is 0.348 bits per heavy atom. The average Bonchev–Trinajstić information content (AvgIpc) is 2.57. The van der Waals surface area contributed by atoms with Crippen molar-refractivity contribution in [2.24, 2.45) is 0 Å². The molecule has 0 aliphatic carbocycles. The van der Waals surface area contributed by atoms with E-state index in [4.69, 9.17) is 0 Å². The van der Waals surface area contributed by atoms with Crippen LogP contribution in [0.3, 0.4) is 0 Å². The zero-order chi connectivity index (χ0) is 16.8. The highest BCUT2D eigenvalue weighted by atomic mass is 14.0. The van der Waals surface area contributed by atoms with Gasteiger partial charge < -0.3 is 0 Å². The normalized spacial score (nSPS) is 11.6. The van der Waals surface area contributed by atoms with Gasteiger partial charge in [-0.15, -0.1) is 0 Å². The summed E-state index contributed by atoms with van der Waals surface area (Å²) in [7, 11) is 0. The maximum absolute atomic E-state index is 2.43. The highest BCUT2D eigenvalue weighted by Crippen LogP contribution is 2.12. The summed E-state index contributed by atoms with van der Waals surface area (Å²) in [6.07, 6.45) is 31.9. The molecule has 0 N–H and O–H groups in total. The van der Waals surface area contributed by atoms with Crippen molar-refractivity contribution >= 4 is 0 Å². The summed E-state index contributed by atoms with van der Waals surface area (Å²) in [6, 6.07) is 0. The van der Waals surface area contributed by atoms with E-state index < -0.39 is 0 Å². The Kier molecular flexibility index (Phi) is 21.5. The minimum atomic E-state index is 1.31. The first kappa shape index (κ1) is 22.7. The van der Waals surface area contributed by atoms with E-state index in [9.17, 15) is 0 Å². The van der Waals surface area contributed by atoms with E-state index in [2.05, 4.69) is 26.0 Å². The van der Waals surface area contributed by atoms with Crippen LogP contribution in [0.1, 0.15) is 136 Å². The average molecular weight is 323 g/mol. The molecule has 0 aromatic carbocycles. The van der Waals surface area contributed by atoms with Crippen LogP contribution in [-0.2, 0) is 0 Å². The Balaban J connectivity index is 3.02. The molecule has 0 unspecified atom stereocenters. The second-order valence-corrected chi connectivity index (χ2v) is 7.35. The van der Waals surface area contributed by atoms with Crippen molar-refractivity contribution in [3.05, 3.63) is 12.2 Å². The Morgan fingerprint density at radius 2 is 0.609 bits per heavy atom. The molecule has 0 radical (unpaired) electrons. The van der Waals surface area contributed by atoms with Gasteiger partial charge in [0.25, 0.3) is 0 Å². The predicted molar refractivity (Wildman–Crippen MR) is 108 cm³/mol. The van der Waals surface area contributed by atoms with E-state index in [1.165, 1.54) is 122 Å². The van der Waals surface area contributed by atoms with Crippen LogP contribution in [0.15, 0.2) is 12.2 Å². The third-order valence-corrected chi connectivity index (χ3v) is 4.87. The molecular formula is C23H46. The summed E-state index contributed by atoms with van der Waals surface area (Å²) < 4.78 is 0. The zero-order valence-corrected chi connectivity index (χ0v) is 16.6. The fourth-order valence-corrected chi connectivity index (χ4v) is 3.20. The first-order valence-electron chi connectivity index (χ1n) is 11.1. The fourth-order valence-electron chi connectivity index (χ4n) is 3.20. The first-order valence-corrected chi connectivity index (χ1v) is 11.1. The SMILES string of the molecule is CCCCCCC/C=C/CCCCCCCCCCCCCC. The molecule has 23 heavy (non-hydrogen) atoms. The smallest absolute Gasteiger partial charge is 0.0351 e. The molecular weight excluding hydrogens is 276 g/mol. The van der Waals surface area contributed by atoms with Crippen molar-refractivity contribution < 1.29 is 0 Å². The summed E-state index contributed by atoms with van der Waals surface area (Å²) in [5.41, 5.74) is 0. The van der Waals surface area contributed by atoms with Gasteiger partial charge in [0.05, 0.1) is 0 Å². The van der Waals surface area contributed by atoms with Crippen LogP contribution in [-0.4, -0.2) is 0 Å². The number of hydrogen-bond acceptors (Lipinski definition) is 0. The van der Waals surface area contributed by atoms with E-state index in [1.54, 1.807) is 0 Å². The van der Waals surface area contributed by atoms with Crippen molar-refractivity contribution in [3.8, 4) is 0 Å². The van der Waals surface area contributed by atoms with Gasteiger partial charge in [-0.25, -0.2) is 0 Å². The number of allylic oxidation sites excluding steroid dienone is 2. The monoisotopic (exact) mass is 322 g/mol. The molecule has 0 saturated carbocycles. The Morgan fingerprint density at radius 3 is 0.913 bits per heavy atom. The van der Waals surface area contributed by atoms with E-state index in [0.29, 0.717) is 0 Å². The zero-order valence-electron chi connectivity index (χ0n) is 16.6. The predicted octanol–water partition coefficient (Wildman–Crippen LogP) is 8.99. The lowest BCUT2D eigenvalue weighted by Gasteiger charge is -2.02. The highest BCUT2D eigenvalue weighted by molar-refractivity contribution is 4.81. The summed E-state index contributed by atoms with van der Waals surface area (Å²) in [6.45, 7) is 4.58. The van der Waals surface area contributed by atoms with Crippen molar-refractivity contribution in [2.45, 2.75) is 136 Å². The van der Waals surface area contributed by atoms with E-state index in [1.807, 2.05) is 0 Å². The molecule has 0 saturated heterocycles. The number of unbranched alkanes of at least 4 members (excludes halogenated alkanes) is 17. The summed E-state index contributed by atoms with van der Waals surface area (Å²) >= 11 is 0. The molecule has 0 atom stereocenters. The van der Waals surface area contributed by atoms with Crippen molar-refractivity contribution in [2.75, 3.05) is 0 Å². The fraction of sp³-hybridized carbons (Fsp3) is 0.913. The molecule has 0 aromatic rings. The third kappa shape index (κ3) is 21.7. The van der Waals surface area contributed by atoms with Gasteiger partial charge in [0.15, 0.2) is 0 Å². The Bertz CT molecular complexity index is 216. The van der Waals surface area contributed by atoms with Gasteiger partial charge in [0.1, 0.15) is 0 Å². The van der Waals surface area contributed by atoms with Crippen LogP contribution >= 0.6 is 0 Å².